The van der Waals surface area contributed by atoms with Gasteiger partial charge in [0.15, 0.2) is 11.2 Å². The summed E-state index contributed by atoms with van der Waals surface area (Å²) in [5.74, 6) is 0.243. The van der Waals surface area contributed by atoms with E-state index in [4.69, 9.17) is 0 Å². The number of aromatic amines is 1. The third-order valence-electron chi connectivity index (χ3n) is 4.65. The Morgan fingerprint density at radius 3 is 2.71 bits per heavy atom. The number of hydrogen-bond donors (Lipinski definition) is 2. The van der Waals surface area contributed by atoms with E-state index in [2.05, 4.69) is 20.5 Å². The number of benzene rings is 2. The number of nitro groups is 1. The van der Waals surface area contributed by atoms with Crippen LogP contribution >= 0.6 is 0 Å². The average Bonchev–Trinajstić information content (AvgIpc) is 3.12. The number of rotatable bonds is 6. The molecule has 0 bridgehead atoms. The van der Waals surface area contributed by atoms with Crippen molar-refractivity contribution in [1.82, 2.24) is 19.1 Å². The molecule has 0 saturated carbocycles. The first-order valence-electron chi connectivity index (χ1n) is 9.21. The zero-order valence-corrected chi connectivity index (χ0v) is 16.3. The lowest BCUT2D eigenvalue weighted by molar-refractivity contribution is -0.384. The van der Waals surface area contributed by atoms with Gasteiger partial charge in [0, 0.05) is 24.7 Å². The molecule has 0 atom stereocenters. The first kappa shape index (κ1) is 19.8. The normalized spacial score (nSPS) is 11.3. The van der Waals surface area contributed by atoms with Crippen LogP contribution in [0.5, 0.6) is 0 Å². The molecule has 11 nitrogen and oxygen atoms in total. The lowest BCUT2D eigenvalue weighted by atomic mass is 10.2. The number of hydrazone groups is 1. The molecule has 156 valence electrons. The van der Waals surface area contributed by atoms with E-state index in [0.29, 0.717) is 12.1 Å². The quantitative estimate of drug-likeness (QED) is 0.278. The van der Waals surface area contributed by atoms with Gasteiger partial charge in [-0.3, -0.25) is 29.0 Å². The smallest absolute Gasteiger partial charge is 0.298 e. The van der Waals surface area contributed by atoms with E-state index in [9.17, 15) is 19.7 Å². The van der Waals surface area contributed by atoms with Gasteiger partial charge in [-0.1, -0.05) is 42.5 Å². The maximum atomic E-state index is 12.5. The average molecular weight is 419 g/mol. The molecule has 4 aromatic rings. The summed E-state index contributed by atoms with van der Waals surface area (Å²) in [6.07, 6.45) is 1.41. The predicted molar refractivity (Wildman–Crippen MR) is 115 cm³/mol. The minimum atomic E-state index is -0.575. The van der Waals surface area contributed by atoms with Crippen molar-refractivity contribution >= 4 is 29.0 Å². The number of aromatic nitrogens is 4. The van der Waals surface area contributed by atoms with Crippen LogP contribution in [-0.4, -0.2) is 30.2 Å². The first-order valence-corrected chi connectivity index (χ1v) is 9.21. The fourth-order valence-electron chi connectivity index (χ4n) is 3.12. The number of H-pyrrole nitrogens is 1. The topological polar surface area (TPSA) is 140 Å². The van der Waals surface area contributed by atoms with Crippen LogP contribution in [0.1, 0.15) is 11.1 Å². The van der Waals surface area contributed by atoms with Crippen molar-refractivity contribution in [3.8, 4) is 0 Å². The monoisotopic (exact) mass is 419 g/mol. The second-order valence-electron chi connectivity index (χ2n) is 6.72. The number of aryl methyl sites for hydroxylation is 1. The summed E-state index contributed by atoms with van der Waals surface area (Å²) in [7, 11) is 1.51. The molecule has 0 unspecified atom stereocenters. The second kappa shape index (κ2) is 8.06. The van der Waals surface area contributed by atoms with Crippen LogP contribution < -0.4 is 16.7 Å². The summed E-state index contributed by atoms with van der Waals surface area (Å²) in [6.45, 7) is 0.313. The number of nitrogens with one attached hydrogen (secondary N) is 2. The summed E-state index contributed by atoms with van der Waals surface area (Å²) in [4.78, 5) is 41.6. The molecule has 0 amide bonds. The van der Waals surface area contributed by atoms with Gasteiger partial charge in [-0.05, 0) is 5.56 Å². The standard InChI is InChI=1S/C20H17N7O4/c1-25-17-16(18(28)23-20(25)29)26(12-13-6-3-2-4-7-13)19(22-17)24-21-11-14-8-5-9-15(10-14)27(30)31/h2-11H,12H2,1H3,(H,22,24)(H,23,28,29)/b21-11-. The van der Waals surface area contributed by atoms with Gasteiger partial charge in [-0.15, -0.1) is 0 Å². The molecule has 2 aromatic carbocycles. The van der Waals surface area contributed by atoms with Crippen LogP contribution in [0.3, 0.4) is 0 Å². The van der Waals surface area contributed by atoms with Crippen LogP contribution in [0.25, 0.3) is 11.2 Å². The highest BCUT2D eigenvalue weighted by Gasteiger charge is 2.17. The Morgan fingerprint density at radius 2 is 1.97 bits per heavy atom. The van der Waals surface area contributed by atoms with Crippen molar-refractivity contribution in [3.05, 3.63) is 96.7 Å². The summed E-state index contributed by atoms with van der Waals surface area (Å²) < 4.78 is 2.86. The van der Waals surface area contributed by atoms with Gasteiger partial charge < -0.3 is 0 Å². The molecule has 4 rings (SSSR count). The number of hydrogen-bond acceptors (Lipinski definition) is 7. The lowest BCUT2D eigenvalue weighted by Gasteiger charge is -2.08. The maximum absolute atomic E-state index is 12.5. The molecule has 0 aliphatic rings. The first-order chi connectivity index (χ1) is 14.9. The number of fused-ring (bicyclic) bond motifs is 1. The minimum absolute atomic E-state index is 0.0539. The molecular formula is C20H17N7O4. The number of non-ortho nitro benzene ring substituents is 1. The molecule has 2 heterocycles. The number of nitro benzene ring substituents is 1. The van der Waals surface area contributed by atoms with Crippen LogP contribution in [0.4, 0.5) is 11.6 Å². The third kappa shape index (κ3) is 3.96. The van der Waals surface area contributed by atoms with Gasteiger partial charge >= 0.3 is 5.69 Å². The van der Waals surface area contributed by atoms with Gasteiger partial charge in [0.1, 0.15) is 0 Å². The molecular weight excluding hydrogens is 402 g/mol. The van der Waals surface area contributed by atoms with Crippen molar-refractivity contribution in [3.63, 3.8) is 0 Å². The highest BCUT2D eigenvalue weighted by molar-refractivity contribution is 5.81. The van der Waals surface area contributed by atoms with Crippen LogP contribution in [-0.2, 0) is 13.6 Å². The molecule has 0 spiro atoms. The van der Waals surface area contributed by atoms with Crippen molar-refractivity contribution in [2.45, 2.75) is 6.54 Å². The van der Waals surface area contributed by atoms with Crippen LogP contribution in [0, 0.1) is 10.1 Å². The molecule has 0 saturated heterocycles. The second-order valence-corrected chi connectivity index (χ2v) is 6.72. The van der Waals surface area contributed by atoms with Gasteiger partial charge in [0.05, 0.1) is 17.7 Å². The van der Waals surface area contributed by atoms with Crippen molar-refractivity contribution in [1.29, 1.82) is 0 Å². The fraction of sp³-hybridized carbons (Fsp3) is 0.100. The number of nitrogens with zero attached hydrogens (tertiary/aromatic N) is 5. The van der Waals surface area contributed by atoms with E-state index < -0.39 is 16.2 Å². The predicted octanol–water partition coefficient (Wildman–Crippen LogP) is 1.83. The summed E-state index contributed by atoms with van der Waals surface area (Å²) in [6, 6.07) is 15.4. The Balaban J connectivity index is 1.75. The Hall–Kier alpha value is -4.54. The highest BCUT2D eigenvalue weighted by Crippen LogP contribution is 2.18. The van der Waals surface area contributed by atoms with E-state index in [1.165, 1.54) is 30.0 Å². The molecule has 0 radical (unpaired) electrons. The zero-order valence-electron chi connectivity index (χ0n) is 16.3. The van der Waals surface area contributed by atoms with Crippen molar-refractivity contribution < 1.29 is 4.92 Å². The summed E-state index contributed by atoms with van der Waals surface area (Å²) >= 11 is 0. The van der Waals surface area contributed by atoms with E-state index in [-0.39, 0.29) is 22.8 Å². The molecule has 11 heteroatoms. The van der Waals surface area contributed by atoms with Crippen LogP contribution in [0.2, 0.25) is 0 Å². The fourth-order valence-corrected chi connectivity index (χ4v) is 3.12. The Labute approximate surface area is 174 Å². The van der Waals surface area contributed by atoms with Gasteiger partial charge in [-0.25, -0.2) is 10.2 Å². The molecule has 0 aliphatic heterocycles. The van der Waals surface area contributed by atoms with Gasteiger partial charge in [-0.2, -0.15) is 10.1 Å². The highest BCUT2D eigenvalue weighted by atomic mass is 16.6. The third-order valence-corrected chi connectivity index (χ3v) is 4.65. The molecule has 2 N–H and O–H groups in total. The van der Waals surface area contributed by atoms with E-state index in [0.717, 1.165) is 5.56 Å². The largest absolute Gasteiger partial charge is 0.329 e. The van der Waals surface area contributed by atoms with Gasteiger partial charge in [0.2, 0.25) is 5.95 Å². The van der Waals surface area contributed by atoms with E-state index in [1.54, 1.807) is 16.7 Å². The van der Waals surface area contributed by atoms with Crippen molar-refractivity contribution in [2.75, 3.05) is 5.43 Å². The number of imidazole rings is 1. The Bertz CT molecular complexity index is 1420. The van der Waals surface area contributed by atoms with Crippen LogP contribution in [0.15, 0.2) is 69.3 Å². The molecule has 0 fully saturated rings. The summed E-state index contributed by atoms with van der Waals surface area (Å²) in [5.41, 5.74) is 3.45. The lowest BCUT2D eigenvalue weighted by Crippen LogP contribution is -2.29. The Morgan fingerprint density at radius 1 is 1.19 bits per heavy atom. The molecule has 31 heavy (non-hydrogen) atoms. The SMILES string of the molecule is Cn1c(=O)[nH]c(=O)c2c1nc(N/N=C\c1cccc([N+](=O)[O-])c1)n2Cc1ccccc1. The van der Waals surface area contributed by atoms with E-state index >= 15 is 0 Å². The molecule has 0 aliphatic carbocycles. The van der Waals surface area contributed by atoms with E-state index in [1.807, 2.05) is 30.3 Å². The minimum Gasteiger partial charge on any atom is -0.298 e. The number of anilines is 1. The van der Waals surface area contributed by atoms with Crippen molar-refractivity contribution in [2.24, 2.45) is 12.1 Å². The van der Waals surface area contributed by atoms with Gasteiger partial charge in [0.25, 0.3) is 11.2 Å². The summed E-state index contributed by atoms with van der Waals surface area (Å²) in [5, 5.41) is 15.0. The molecule has 2 aromatic heterocycles. The Kier molecular flexibility index (Phi) is 5.14. The maximum Gasteiger partial charge on any atom is 0.329 e. The zero-order chi connectivity index (χ0) is 22.0.